The molecule has 1 aromatic heterocycles. The second kappa shape index (κ2) is 6.28. The molecule has 0 saturated carbocycles. The van der Waals surface area contributed by atoms with Gasteiger partial charge >= 0.3 is 0 Å². The maximum absolute atomic E-state index is 12.1. The third-order valence-electron chi connectivity index (χ3n) is 3.67. The van der Waals surface area contributed by atoms with Crippen LogP contribution in [0.15, 0.2) is 42.0 Å². The fraction of sp³-hybridized carbons (Fsp3) is 0.357. The zero-order chi connectivity index (χ0) is 15.4. The molecule has 0 spiro atoms. The number of carbonyl (C=O) groups excluding carboxylic acids is 1. The van der Waals surface area contributed by atoms with Crippen molar-refractivity contribution in [1.29, 1.82) is 0 Å². The molecule has 1 unspecified atom stereocenters. The highest BCUT2D eigenvalue weighted by atomic mass is 16.2. The van der Waals surface area contributed by atoms with Crippen LogP contribution in [0, 0.1) is 5.92 Å². The van der Waals surface area contributed by atoms with Crippen molar-refractivity contribution in [3.63, 3.8) is 0 Å². The summed E-state index contributed by atoms with van der Waals surface area (Å²) in [4.78, 5) is 20.5. The highest BCUT2D eigenvalue weighted by molar-refractivity contribution is 5.95. The Bertz CT molecular complexity index is 688. The number of hydrogen-bond donors (Lipinski definition) is 0. The Balaban J connectivity index is 1.67. The Hall–Kier alpha value is -2.86. The molecule has 2 aromatic rings. The zero-order valence-corrected chi connectivity index (χ0v) is 11.9. The van der Waals surface area contributed by atoms with E-state index in [0.29, 0.717) is 26.1 Å². The third kappa shape index (κ3) is 3.07. The first-order valence-corrected chi connectivity index (χ1v) is 6.99. The zero-order valence-electron chi connectivity index (χ0n) is 11.9. The summed E-state index contributed by atoms with van der Waals surface area (Å²) in [6, 6.07) is 7.82. The Morgan fingerprint density at radius 3 is 2.86 bits per heavy atom. The summed E-state index contributed by atoms with van der Waals surface area (Å²) in [5, 5.41) is 7.62. The highest BCUT2D eigenvalue weighted by Crippen LogP contribution is 2.25. The van der Waals surface area contributed by atoms with Gasteiger partial charge < -0.3 is 4.90 Å². The van der Waals surface area contributed by atoms with Crippen LogP contribution in [0.3, 0.4) is 0 Å². The van der Waals surface area contributed by atoms with Crippen molar-refractivity contribution in [2.45, 2.75) is 13.0 Å². The molecule has 0 N–H and O–H groups in total. The van der Waals surface area contributed by atoms with Gasteiger partial charge in [-0.1, -0.05) is 17.2 Å². The van der Waals surface area contributed by atoms with E-state index in [1.807, 2.05) is 24.3 Å². The minimum Gasteiger partial charge on any atom is -0.312 e. The number of rotatable bonds is 5. The minimum absolute atomic E-state index is 0.0715. The van der Waals surface area contributed by atoms with Crippen LogP contribution in [0.5, 0.6) is 0 Å². The topological polar surface area (TPSA) is 99.8 Å². The maximum atomic E-state index is 12.1. The van der Waals surface area contributed by atoms with Crippen LogP contribution in [-0.4, -0.2) is 33.8 Å². The van der Waals surface area contributed by atoms with Crippen LogP contribution >= 0.6 is 0 Å². The van der Waals surface area contributed by atoms with Crippen LogP contribution in [0.1, 0.15) is 12.0 Å². The normalized spacial score (nSPS) is 17.5. The van der Waals surface area contributed by atoms with Gasteiger partial charge in [0.2, 0.25) is 5.91 Å². The summed E-state index contributed by atoms with van der Waals surface area (Å²) in [5.41, 5.74) is 10.3. The molecule has 3 rings (SSSR count). The standard InChI is InChI=1S/C14H15N7O/c15-19-17-6-12-5-14(22)21(8-12)13-3-1-11(2-4-13)7-20-10-16-9-18-20/h1-4,9-10,12H,5-8H2. The van der Waals surface area contributed by atoms with Crippen molar-refractivity contribution in [1.82, 2.24) is 14.8 Å². The van der Waals surface area contributed by atoms with Crippen molar-refractivity contribution >= 4 is 11.6 Å². The summed E-state index contributed by atoms with van der Waals surface area (Å²) in [7, 11) is 0. The molecule has 1 aromatic carbocycles. The Labute approximate surface area is 127 Å². The van der Waals surface area contributed by atoms with Crippen LogP contribution in [0.2, 0.25) is 0 Å². The monoisotopic (exact) mass is 297 g/mol. The van der Waals surface area contributed by atoms with Gasteiger partial charge in [-0.2, -0.15) is 5.10 Å². The number of carbonyl (C=O) groups is 1. The fourth-order valence-corrected chi connectivity index (χ4v) is 2.59. The van der Waals surface area contributed by atoms with Gasteiger partial charge in [0.15, 0.2) is 0 Å². The van der Waals surface area contributed by atoms with Crippen molar-refractivity contribution in [2.24, 2.45) is 11.0 Å². The highest BCUT2D eigenvalue weighted by Gasteiger charge is 2.29. The Morgan fingerprint density at radius 1 is 1.36 bits per heavy atom. The lowest BCUT2D eigenvalue weighted by atomic mass is 10.1. The van der Waals surface area contributed by atoms with E-state index in [9.17, 15) is 4.79 Å². The van der Waals surface area contributed by atoms with E-state index >= 15 is 0 Å². The van der Waals surface area contributed by atoms with Gasteiger partial charge in [0.05, 0.1) is 6.54 Å². The average molecular weight is 297 g/mol. The van der Waals surface area contributed by atoms with E-state index in [-0.39, 0.29) is 11.8 Å². The van der Waals surface area contributed by atoms with Gasteiger partial charge in [-0.15, -0.1) is 0 Å². The summed E-state index contributed by atoms with van der Waals surface area (Å²) >= 11 is 0. The molecule has 1 atom stereocenters. The van der Waals surface area contributed by atoms with Gasteiger partial charge in [-0.05, 0) is 29.1 Å². The van der Waals surface area contributed by atoms with E-state index < -0.39 is 0 Å². The number of anilines is 1. The molecule has 1 aliphatic heterocycles. The first kappa shape index (κ1) is 14.1. The van der Waals surface area contributed by atoms with Crippen LogP contribution in [0.25, 0.3) is 10.4 Å². The third-order valence-corrected chi connectivity index (χ3v) is 3.67. The number of azide groups is 1. The molecule has 112 valence electrons. The molecule has 2 heterocycles. The van der Waals surface area contributed by atoms with Crippen LogP contribution < -0.4 is 4.90 Å². The fourth-order valence-electron chi connectivity index (χ4n) is 2.59. The van der Waals surface area contributed by atoms with Gasteiger partial charge in [0.25, 0.3) is 0 Å². The predicted octanol–water partition coefficient (Wildman–Crippen LogP) is 1.99. The minimum atomic E-state index is 0.0715. The molecule has 8 heteroatoms. The first-order chi connectivity index (χ1) is 10.8. The summed E-state index contributed by atoms with van der Waals surface area (Å²) < 4.78 is 1.74. The molecule has 1 amide bonds. The lowest BCUT2D eigenvalue weighted by Gasteiger charge is -2.17. The Morgan fingerprint density at radius 2 is 2.18 bits per heavy atom. The molecule has 0 radical (unpaired) electrons. The first-order valence-electron chi connectivity index (χ1n) is 6.99. The number of nitrogens with zero attached hydrogens (tertiary/aromatic N) is 7. The second-order valence-electron chi connectivity index (χ2n) is 5.25. The quantitative estimate of drug-likeness (QED) is 0.479. The van der Waals surface area contributed by atoms with E-state index in [2.05, 4.69) is 20.1 Å². The van der Waals surface area contributed by atoms with Gasteiger partial charge in [-0.3, -0.25) is 4.79 Å². The lowest BCUT2D eigenvalue weighted by molar-refractivity contribution is -0.117. The number of amides is 1. The molecule has 8 nitrogen and oxygen atoms in total. The van der Waals surface area contributed by atoms with Crippen molar-refractivity contribution < 1.29 is 4.79 Å². The van der Waals surface area contributed by atoms with E-state index in [1.54, 1.807) is 15.9 Å². The predicted molar refractivity (Wildman–Crippen MR) is 80.0 cm³/mol. The lowest BCUT2D eigenvalue weighted by Crippen LogP contribution is -2.24. The maximum Gasteiger partial charge on any atom is 0.227 e. The van der Waals surface area contributed by atoms with Gasteiger partial charge in [0.1, 0.15) is 12.7 Å². The summed E-state index contributed by atoms with van der Waals surface area (Å²) in [6.45, 7) is 1.61. The SMILES string of the molecule is [N-]=[N+]=NCC1CC(=O)N(c2ccc(Cn3cncn3)cc2)C1. The summed E-state index contributed by atoms with van der Waals surface area (Å²) in [5.74, 6) is 0.167. The van der Waals surface area contributed by atoms with Gasteiger partial charge in [-0.25, -0.2) is 9.67 Å². The van der Waals surface area contributed by atoms with Crippen LogP contribution in [-0.2, 0) is 11.3 Å². The number of hydrogen-bond acceptors (Lipinski definition) is 4. The van der Waals surface area contributed by atoms with Crippen LogP contribution in [0.4, 0.5) is 5.69 Å². The van der Waals surface area contributed by atoms with Crippen molar-refractivity contribution in [2.75, 3.05) is 18.0 Å². The smallest absolute Gasteiger partial charge is 0.227 e. The molecule has 1 aliphatic rings. The van der Waals surface area contributed by atoms with E-state index in [4.69, 9.17) is 5.53 Å². The second-order valence-corrected chi connectivity index (χ2v) is 5.25. The molecule has 1 saturated heterocycles. The summed E-state index contributed by atoms with van der Waals surface area (Å²) in [6.07, 6.45) is 3.60. The Kier molecular flexibility index (Phi) is 4.02. The number of aromatic nitrogens is 3. The molecule has 0 aliphatic carbocycles. The van der Waals surface area contributed by atoms with Gasteiger partial charge in [0, 0.05) is 30.1 Å². The number of benzene rings is 1. The average Bonchev–Trinajstić information content (AvgIpc) is 3.16. The molecule has 0 bridgehead atoms. The molecular formula is C14H15N7O. The van der Waals surface area contributed by atoms with Crippen molar-refractivity contribution in [3.8, 4) is 0 Å². The molecule has 1 fully saturated rings. The van der Waals surface area contributed by atoms with E-state index in [0.717, 1.165) is 11.3 Å². The largest absolute Gasteiger partial charge is 0.312 e. The molecule has 22 heavy (non-hydrogen) atoms. The van der Waals surface area contributed by atoms with E-state index in [1.165, 1.54) is 6.33 Å². The van der Waals surface area contributed by atoms with Crippen molar-refractivity contribution in [3.05, 3.63) is 52.9 Å². The molecular weight excluding hydrogens is 282 g/mol.